The molecule has 8 nitrogen and oxygen atoms in total. The second-order valence-electron chi connectivity index (χ2n) is 12.7. The number of nitrogens with zero attached hydrogens (tertiary/aromatic N) is 1. The van der Waals surface area contributed by atoms with Crippen LogP contribution in [-0.4, -0.2) is 53.2 Å². The smallest absolute Gasteiger partial charge is 0.261 e. The molecular weight excluding hydrogens is 470 g/mol. The lowest BCUT2D eigenvalue weighted by Gasteiger charge is -2.59. The molecule has 2 amide bonds. The second-order valence-corrected chi connectivity index (χ2v) is 12.7. The summed E-state index contributed by atoms with van der Waals surface area (Å²) in [7, 11) is 0. The molecule has 0 aromatic rings. The van der Waals surface area contributed by atoms with Gasteiger partial charge in [0.15, 0.2) is 12.4 Å². The van der Waals surface area contributed by atoms with Crippen molar-refractivity contribution in [3.05, 3.63) is 11.6 Å². The Morgan fingerprint density at radius 1 is 1.11 bits per heavy atom. The van der Waals surface area contributed by atoms with Crippen molar-refractivity contribution in [3.63, 3.8) is 0 Å². The molecule has 4 fully saturated rings. The molecule has 204 valence electrons. The monoisotopic (exact) mass is 513 g/mol. The van der Waals surface area contributed by atoms with E-state index in [2.05, 4.69) is 35.7 Å². The highest BCUT2D eigenvalue weighted by Crippen LogP contribution is 2.67. The predicted molar refractivity (Wildman–Crippen MR) is 140 cm³/mol. The topological polar surface area (TPSA) is 117 Å². The summed E-state index contributed by atoms with van der Waals surface area (Å²) in [4.78, 5) is 42.2. The number of hydrogen-bond donors (Lipinski definition) is 3. The zero-order valence-corrected chi connectivity index (χ0v) is 22.6. The van der Waals surface area contributed by atoms with Gasteiger partial charge in [0.25, 0.3) is 5.91 Å². The maximum absolute atomic E-state index is 12.4. The number of Topliss-reactive ketones (excluding diaryl/α,β-unsaturated/α-hetero) is 1. The first-order valence-corrected chi connectivity index (χ1v) is 14.3. The van der Waals surface area contributed by atoms with Gasteiger partial charge in [-0.15, -0.1) is 0 Å². The van der Waals surface area contributed by atoms with Gasteiger partial charge in [0, 0.05) is 12.0 Å². The van der Waals surface area contributed by atoms with Crippen LogP contribution in [0.15, 0.2) is 16.8 Å². The van der Waals surface area contributed by atoms with E-state index in [-0.39, 0.29) is 35.0 Å². The first kappa shape index (κ1) is 26.4. The number of rotatable bonds is 5. The Bertz CT molecular complexity index is 1020. The van der Waals surface area contributed by atoms with E-state index < -0.39 is 11.6 Å². The second kappa shape index (κ2) is 9.83. The van der Waals surface area contributed by atoms with Crippen LogP contribution in [0.25, 0.3) is 0 Å². The number of allylic oxidation sites excluding steroid dienone is 2. The average Bonchev–Trinajstić information content (AvgIpc) is 2.99. The summed E-state index contributed by atoms with van der Waals surface area (Å²) in [5.41, 5.74) is 0.911. The molecule has 0 aromatic carbocycles. The average molecular weight is 514 g/mol. The minimum atomic E-state index is -1.17. The first-order chi connectivity index (χ1) is 17.6. The molecule has 1 saturated heterocycles. The molecule has 0 unspecified atom stereocenters. The van der Waals surface area contributed by atoms with E-state index in [0.717, 1.165) is 63.5 Å². The lowest BCUT2D eigenvalue weighted by molar-refractivity contribution is -0.159. The molecule has 3 saturated carbocycles. The van der Waals surface area contributed by atoms with E-state index in [1.165, 1.54) is 5.57 Å². The van der Waals surface area contributed by atoms with Gasteiger partial charge >= 0.3 is 0 Å². The number of fused-ring (bicyclic) bond motifs is 5. The number of oxime groups is 1. The Morgan fingerprint density at radius 3 is 2.68 bits per heavy atom. The molecule has 4 aliphatic carbocycles. The molecule has 7 atom stereocenters. The molecule has 5 rings (SSSR count). The van der Waals surface area contributed by atoms with Gasteiger partial charge in [-0.3, -0.25) is 14.4 Å². The standard InChI is InChI=1S/C29H43N3O5/c1-18(33)29(36)14-11-23-21-8-7-19-16-20(9-12-27(19,2)22(21)10-13-28(23,29)3)32-37-17-25(34)31-24-6-4-5-15-30-26(24)35/h16,21-24,36H,4-15,17H2,1-3H3,(H,30,35)(H,31,34)/t21-,22-,23-,24+,27+,28+,29+/m1/s1. The number of ketones is 1. The van der Waals surface area contributed by atoms with Gasteiger partial charge in [-0.25, -0.2) is 0 Å². The van der Waals surface area contributed by atoms with E-state index in [9.17, 15) is 19.5 Å². The SMILES string of the molecule is CC(=O)[C@@]1(O)CC[C@@H]2[C@@H]3CCC4=CC(=NOCC(=O)N[C@H]5CCCCNC5=O)CC[C@]4(C)[C@@H]3CC[C@@]21C. The van der Waals surface area contributed by atoms with Crippen molar-refractivity contribution in [1.82, 2.24) is 10.6 Å². The van der Waals surface area contributed by atoms with Crippen molar-refractivity contribution in [2.24, 2.45) is 33.7 Å². The van der Waals surface area contributed by atoms with Crippen molar-refractivity contribution < 1.29 is 24.3 Å². The van der Waals surface area contributed by atoms with Crippen molar-refractivity contribution in [2.75, 3.05) is 13.2 Å². The molecule has 37 heavy (non-hydrogen) atoms. The fraction of sp³-hybridized carbons (Fsp3) is 0.793. The van der Waals surface area contributed by atoms with Gasteiger partial charge in [0.2, 0.25) is 5.91 Å². The maximum Gasteiger partial charge on any atom is 0.261 e. The number of hydrogen-bond acceptors (Lipinski definition) is 6. The highest BCUT2D eigenvalue weighted by atomic mass is 16.6. The Morgan fingerprint density at radius 2 is 1.89 bits per heavy atom. The Hall–Kier alpha value is -2.22. The highest BCUT2D eigenvalue weighted by molar-refractivity contribution is 5.96. The summed E-state index contributed by atoms with van der Waals surface area (Å²) in [6, 6.07) is -0.498. The molecule has 3 N–H and O–H groups in total. The van der Waals surface area contributed by atoms with Crippen molar-refractivity contribution in [1.29, 1.82) is 0 Å². The third-order valence-electron chi connectivity index (χ3n) is 11.0. The largest absolute Gasteiger partial charge is 0.385 e. The van der Waals surface area contributed by atoms with Crippen LogP contribution in [0, 0.1) is 28.6 Å². The fourth-order valence-corrected chi connectivity index (χ4v) is 8.72. The third kappa shape index (κ3) is 4.43. The van der Waals surface area contributed by atoms with E-state index in [1.807, 2.05) is 0 Å². The predicted octanol–water partition coefficient (Wildman–Crippen LogP) is 3.43. The lowest BCUT2D eigenvalue weighted by atomic mass is 9.46. The van der Waals surface area contributed by atoms with Crippen LogP contribution in [0.2, 0.25) is 0 Å². The molecule has 8 heteroatoms. The fourth-order valence-electron chi connectivity index (χ4n) is 8.72. The zero-order chi connectivity index (χ0) is 26.4. The van der Waals surface area contributed by atoms with Gasteiger partial charge in [-0.2, -0.15) is 0 Å². The summed E-state index contributed by atoms with van der Waals surface area (Å²) in [6.07, 6.45) is 12.0. The van der Waals surface area contributed by atoms with E-state index in [1.54, 1.807) is 6.92 Å². The zero-order valence-electron chi connectivity index (χ0n) is 22.6. The lowest BCUT2D eigenvalue weighted by Crippen LogP contribution is -2.57. The molecule has 1 aliphatic heterocycles. The number of nitrogens with one attached hydrogen (secondary N) is 2. The summed E-state index contributed by atoms with van der Waals surface area (Å²) in [5, 5.41) is 21.2. The summed E-state index contributed by atoms with van der Waals surface area (Å²) in [5.74, 6) is 0.963. The van der Waals surface area contributed by atoms with E-state index in [0.29, 0.717) is 37.1 Å². The first-order valence-electron chi connectivity index (χ1n) is 14.3. The van der Waals surface area contributed by atoms with Crippen molar-refractivity contribution in [3.8, 4) is 0 Å². The van der Waals surface area contributed by atoms with Crippen LogP contribution < -0.4 is 10.6 Å². The van der Waals surface area contributed by atoms with Crippen LogP contribution in [0.4, 0.5) is 0 Å². The number of carbonyl (C=O) groups is 3. The van der Waals surface area contributed by atoms with Crippen LogP contribution >= 0.6 is 0 Å². The molecule has 0 bridgehead atoms. The number of carbonyl (C=O) groups excluding carboxylic acids is 3. The molecular formula is C29H43N3O5. The van der Waals surface area contributed by atoms with Gasteiger partial charge in [0.05, 0.1) is 5.71 Å². The van der Waals surface area contributed by atoms with Gasteiger partial charge < -0.3 is 20.6 Å². The van der Waals surface area contributed by atoms with E-state index in [4.69, 9.17) is 4.84 Å². The summed E-state index contributed by atoms with van der Waals surface area (Å²) < 4.78 is 0. The van der Waals surface area contributed by atoms with Crippen LogP contribution in [-0.2, 0) is 19.2 Å². The number of aliphatic hydroxyl groups is 1. The normalized spacial score (nSPS) is 42.4. The summed E-state index contributed by atoms with van der Waals surface area (Å²) in [6.45, 7) is 6.58. The van der Waals surface area contributed by atoms with Crippen molar-refractivity contribution >= 4 is 23.3 Å². The Labute approximate surface area is 220 Å². The molecule has 5 aliphatic rings. The summed E-state index contributed by atoms with van der Waals surface area (Å²) >= 11 is 0. The maximum atomic E-state index is 12.4. The van der Waals surface area contributed by atoms with Crippen molar-refractivity contribution in [2.45, 2.75) is 103 Å². The third-order valence-corrected chi connectivity index (χ3v) is 11.0. The van der Waals surface area contributed by atoms with Crippen LogP contribution in [0.3, 0.4) is 0 Å². The minimum Gasteiger partial charge on any atom is -0.385 e. The van der Waals surface area contributed by atoms with Crippen LogP contribution in [0.5, 0.6) is 0 Å². The molecule has 0 aromatic heterocycles. The Balaban J connectivity index is 1.22. The van der Waals surface area contributed by atoms with Gasteiger partial charge in [0.1, 0.15) is 11.6 Å². The quantitative estimate of drug-likeness (QED) is 0.487. The van der Waals surface area contributed by atoms with E-state index >= 15 is 0 Å². The highest BCUT2D eigenvalue weighted by Gasteiger charge is 2.65. The van der Waals surface area contributed by atoms with Gasteiger partial charge in [-0.05, 0) is 107 Å². The molecule has 1 heterocycles. The number of amides is 2. The van der Waals surface area contributed by atoms with Crippen LogP contribution in [0.1, 0.15) is 91.4 Å². The van der Waals surface area contributed by atoms with Gasteiger partial charge in [-0.1, -0.05) is 24.6 Å². The molecule has 0 radical (unpaired) electrons. The minimum absolute atomic E-state index is 0.0664. The molecule has 0 spiro atoms. The Kier molecular flexibility index (Phi) is 7.01.